The monoisotopic (exact) mass is 575 g/mol. The van der Waals surface area contributed by atoms with Gasteiger partial charge in [-0.3, -0.25) is 28.8 Å². The molecule has 0 saturated carbocycles. The first-order valence-electron chi connectivity index (χ1n) is 12.5. The maximum Gasteiger partial charge on any atom is 0.326 e. The minimum atomic E-state index is -1.68. The molecule has 12 N–H and O–H groups in total. The number of aromatic amines is 1. The molecule has 222 valence electrons. The van der Waals surface area contributed by atoms with E-state index < -0.39 is 84.9 Å². The maximum absolute atomic E-state index is 13.1. The average Bonchev–Trinajstić information content (AvgIpc) is 3.30. The van der Waals surface area contributed by atoms with Gasteiger partial charge in [-0.05, 0) is 30.9 Å². The fourth-order valence-electron chi connectivity index (χ4n) is 3.94. The summed E-state index contributed by atoms with van der Waals surface area (Å²) in [4.78, 5) is 87.0. The number of carboxylic acid groups (broad SMARTS) is 2. The minimum absolute atomic E-state index is 0.0811. The van der Waals surface area contributed by atoms with Gasteiger partial charge in [-0.2, -0.15) is 0 Å². The number of aromatic nitrogens is 1. The number of aliphatic carboxylic acids is 2. The summed E-state index contributed by atoms with van der Waals surface area (Å²) in [7, 11) is 0. The van der Waals surface area contributed by atoms with Gasteiger partial charge in [0, 0.05) is 29.9 Å². The quantitative estimate of drug-likeness (QED) is 0.0961. The lowest BCUT2D eigenvalue weighted by molar-refractivity contribution is -0.142. The van der Waals surface area contributed by atoms with Gasteiger partial charge >= 0.3 is 11.9 Å². The predicted molar refractivity (Wildman–Crippen MR) is 143 cm³/mol. The highest BCUT2D eigenvalue weighted by Crippen LogP contribution is 2.19. The van der Waals surface area contributed by atoms with Crippen LogP contribution < -0.4 is 33.2 Å². The first-order chi connectivity index (χ1) is 19.3. The third-order valence-electron chi connectivity index (χ3n) is 6.06. The molecule has 5 amide bonds. The van der Waals surface area contributed by atoms with Crippen LogP contribution in [0.4, 0.5) is 0 Å². The number of rotatable bonds is 17. The number of hydrogen-bond acceptors (Lipinski definition) is 8. The molecule has 2 rings (SSSR count). The zero-order chi connectivity index (χ0) is 30.7. The van der Waals surface area contributed by atoms with Crippen molar-refractivity contribution in [1.82, 2.24) is 20.9 Å². The Balaban J connectivity index is 2.16. The fourth-order valence-corrected chi connectivity index (χ4v) is 3.94. The third-order valence-corrected chi connectivity index (χ3v) is 6.06. The van der Waals surface area contributed by atoms with Crippen molar-refractivity contribution >= 4 is 52.4 Å². The average molecular weight is 576 g/mol. The van der Waals surface area contributed by atoms with Crippen molar-refractivity contribution in [1.29, 1.82) is 0 Å². The molecular formula is C25H33N7O9. The number of primary amides is 2. The second-order valence-electron chi connectivity index (χ2n) is 9.30. The number of para-hydroxylation sites is 1. The molecule has 2 aromatic rings. The molecule has 1 aromatic heterocycles. The van der Waals surface area contributed by atoms with Gasteiger partial charge in [-0.1, -0.05) is 18.2 Å². The number of nitrogens with one attached hydrogen (secondary N) is 4. The highest BCUT2D eigenvalue weighted by atomic mass is 16.4. The van der Waals surface area contributed by atoms with Crippen LogP contribution in [0.2, 0.25) is 0 Å². The molecule has 41 heavy (non-hydrogen) atoms. The van der Waals surface area contributed by atoms with Crippen molar-refractivity contribution in [2.75, 3.05) is 0 Å². The van der Waals surface area contributed by atoms with Crippen molar-refractivity contribution in [2.45, 2.75) is 62.7 Å². The molecule has 0 aliphatic carbocycles. The molecular weight excluding hydrogens is 542 g/mol. The minimum Gasteiger partial charge on any atom is -0.481 e. The second kappa shape index (κ2) is 15.0. The molecule has 1 aromatic carbocycles. The molecule has 4 atom stereocenters. The van der Waals surface area contributed by atoms with Gasteiger partial charge in [-0.15, -0.1) is 0 Å². The van der Waals surface area contributed by atoms with Gasteiger partial charge < -0.3 is 48.3 Å². The van der Waals surface area contributed by atoms with Gasteiger partial charge in [0.2, 0.25) is 29.5 Å². The Morgan fingerprint density at radius 1 is 0.780 bits per heavy atom. The van der Waals surface area contributed by atoms with Crippen LogP contribution >= 0.6 is 0 Å². The standard InChI is InChI=1S/C25H33N7O9/c26-14(9-12-11-29-15-4-2-1-3-13(12)15)22(37)30-16(6-8-21(35)36)23(38)32-18(10-20(28)34)24(39)31-17(25(40)41)5-7-19(27)33/h1-4,11,14,16-18,29H,5-10,26H2,(H2,27,33)(H2,28,34)(H,30,37)(H,31,39)(H,32,38)(H,35,36)(H,40,41). The summed E-state index contributed by atoms with van der Waals surface area (Å²) in [5.41, 5.74) is 17.8. The van der Waals surface area contributed by atoms with E-state index in [9.17, 15) is 38.7 Å². The van der Waals surface area contributed by atoms with E-state index in [0.29, 0.717) is 0 Å². The Morgan fingerprint density at radius 2 is 1.37 bits per heavy atom. The van der Waals surface area contributed by atoms with Crippen LogP contribution in [0.25, 0.3) is 10.9 Å². The van der Waals surface area contributed by atoms with Crippen LogP contribution in [0.3, 0.4) is 0 Å². The summed E-state index contributed by atoms with van der Waals surface area (Å²) in [5.74, 6) is -7.55. The Hall–Kier alpha value is -4.99. The molecule has 0 aliphatic heterocycles. The molecule has 16 nitrogen and oxygen atoms in total. The Bertz CT molecular complexity index is 1310. The summed E-state index contributed by atoms with van der Waals surface area (Å²) in [6, 6.07) is 1.43. The van der Waals surface area contributed by atoms with Crippen LogP contribution in [0.15, 0.2) is 30.5 Å². The summed E-state index contributed by atoms with van der Waals surface area (Å²) >= 11 is 0. The van der Waals surface area contributed by atoms with Crippen molar-refractivity contribution in [3.63, 3.8) is 0 Å². The summed E-state index contributed by atoms with van der Waals surface area (Å²) < 4.78 is 0. The zero-order valence-electron chi connectivity index (χ0n) is 21.9. The number of benzene rings is 1. The van der Waals surface area contributed by atoms with E-state index in [0.717, 1.165) is 16.5 Å². The lowest BCUT2D eigenvalue weighted by Crippen LogP contribution is -2.58. The van der Waals surface area contributed by atoms with Gasteiger partial charge in [-0.25, -0.2) is 4.79 Å². The molecule has 1 heterocycles. The number of fused-ring (bicyclic) bond motifs is 1. The number of carboxylic acids is 2. The number of hydrogen-bond donors (Lipinski definition) is 9. The largest absolute Gasteiger partial charge is 0.481 e. The van der Waals surface area contributed by atoms with Crippen molar-refractivity contribution in [2.24, 2.45) is 17.2 Å². The van der Waals surface area contributed by atoms with E-state index in [4.69, 9.17) is 22.3 Å². The number of nitrogens with two attached hydrogens (primary N) is 3. The summed E-state index contributed by atoms with van der Waals surface area (Å²) in [5, 5.41) is 26.0. The van der Waals surface area contributed by atoms with Gasteiger partial charge in [0.1, 0.15) is 18.1 Å². The van der Waals surface area contributed by atoms with Gasteiger partial charge in [0.15, 0.2) is 0 Å². The lowest BCUT2D eigenvalue weighted by Gasteiger charge is -2.24. The molecule has 16 heteroatoms. The van der Waals surface area contributed by atoms with E-state index in [2.05, 4.69) is 20.9 Å². The number of carbonyl (C=O) groups is 7. The zero-order valence-corrected chi connectivity index (χ0v) is 21.9. The second-order valence-corrected chi connectivity index (χ2v) is 9.30. The third kappa shape index (κ3) is 10.2. The van der Waals surface area contributed by atoms with Crippen molar-refractivity contribution in [3.8, 4) is 0 Å². The van der Waals surface area contributed by atoms with Crippen LogP contribution in [0.5, 0.6) is 0 Å². The van der Waals surface area contributed by atoms with Crippen molar-refractivity contribution in [3.05, 3.63) is 36.0 Å². The molecule has 0 aliphatic rings. The van der Waals surface area contributed by atoms with Crippen LogP contribution in [-0.2, 0) is 40.0 Å². The predicted octanol–water partition coefficient (Wildman–Crippen LogP) is -2.42. The first kappa shape index (κ1) is 32.2. The summed E-state index contributed by atoms with van der Waals surface area (Å²) in [6.45, 7) is 0. The fraction of sp³-hybridized carbons (Fsp3) is 0.400. The Morgan fingerprint density at radius 3 is 1.98 bits per heavy atom. The van der Waals surface area contributed by atoms with Crippen LogP contribution in [-0.4, -0.2) is 80.8 Å². The molecule has 0 saturated heterocycles. The topological polar surface area (TPSA) is 290 Å². The normalized spacial score (nSPS) is 13.8. The van der Waals surface area contributed by atoms with E-state index in [1.165, 1.54) is 0 Å². The number of H-pyrrole nitrogens is 1. The Labute approximate surface area is 233 Å². The van der Waals surface area contributed by atoms with E-state index in [-0.39, 0.29) is 19.3 Å². The van der Waals surface area contributed by atoms with E-state index in [1.807, 2.05) is 24.3 Å². The SMILES string of the molecule is NC(=O)CCC(NC(=O)C(CC(N)=O)NC(=O)C(CCC(=O)O)NC(=O)C(N)Cc1c[nH]c2ccccc12)C(=O)O. The summed E-state index contributed by atoms with van der Waals surface area (Å²) in [6.07, 6.45) is -0.652. The molecule has 0 bridgehead atoms. The molecule has 0 radical (unpaired) electrons. The van der Waals surface area contributed by atoms with E-state index >= 15 is 0 Å². The highest BCUT2D eigenvalue weighted by molar-refractivity contribution is 5.96. The Kier molecular flexibility index (Phi) is 11.8. The van der Waals surface area contributed by atoms with Crippen LogP contribution in [0.1, 0.15) is 37.7 Å². The lowest BCUT2D eigenvalue weighted by atomic mass is 10.0. The molecule has 0 spiro atoms. The maximum atomic E-state index is 13.1. The number of carbonyl (C=O) groups excluding carboxylic acids is 5. The van der Waals surface area contributed by atoms with Crippen molar-refractivity contribution < 1.29 is 43.8 Å². The number of amides is 5. The van der Waals surface area contributed by atoms with E-state index in [1.54, 1.807) is 6.20 Å². The van der Waals surface area contributed by atoms with Gasteiger partial charge in [0.05, 0.1) is 12.5 Å². The van der Waals surface area contributed by atoms with Crippen LogP contribution in [0, 0.1) is 0 Å². The molecule has 4 unspecified atom stereocenters. The molecule has 0 fully saturated rings. The highest BCUT2D eigenvalue weighted by Gasteiger charge is 2.31. The smallest absolute Gasteiger partial charge is 0.326 e. The van der Waals surface area contributed by atoms with Gasteiger partial charge in [0.25, 0.3) is 0 Å². The first-order valence-corrected chi connectivity index (χ1v) is 12.5.